The first-order chi connectivity index (χ1) is 10.0. The predicted octanol–water partition coefficient (Wildman–Crippen LogP) is 1.71. The molecule has 4 unspecified atom stereocenters. The molecule has 0 saturated heterocycles. The zero-order chi connectivity index (χ0) is 15.5. The highest BCUT2D eigenvalue weighted by atomic mass is 16.6. The van der Waals surface area contributed by atoms with E-state index in [0.29, 0.717) is 19.6 Å². The molecule has 0 radical (unpaired) electrons. The first-order valence-corrected chi connectivity index (χ1v) is 7.64. The number of allylic oxidation sites excluding steroid dienone is 2. The molecule has 0 spiro atoms. The molecule has 0 aromatic heterocycles. The Hall–Kier alpha value is -0.880. The lowest BCUT2D eigenvalue weighted by Crippen LogP contribution is -2.34. The molecule has 2 aliphatic carbocycles. The molecule has 0 aliphatic heterocycles. The summed E-state index contributed by atoms with van der Waals surface area (Å²) in [4.78, 5) is 0. The van der Waals surface area contributed by atoms with Gasteiger partial charge in [-0.05, 0) is 31.3 Å². The molecule has 0 aromatic carbocycles. The quantitative estimate of drug-likeness (QED) is 0.700. The lowest BCUT2D eigenvalue weighted by molar-refractivity contribution is -0.112. The second-order valence-corrected chi connectivity index (χ2v) is 6.01. The van der Waals surface area contributed by atoms with Gasteiger partial charge in [0.25, 0.3) is 0 Å². The van der Waals surface area contributed by atoms with Gasteiger partial charge in [-0.2, -0.15) is 0 Å². The molecular formula is C16H27NO4. The van der Waals surface area contributed by atoms with Crippen LogP contribution in [0.4, 0.5) is 0 Å². The maximum atomic E-state index is 9.59. The third-order valence-electron chi connectivity index (χ3n) is 4.35. The van der Waals surface area contributed by atoms with Crippen LogP contribution in [0, 0.1) is 5.41 Å². The Kier molecular flexibility index (Phi) is 5.43. The number of ether oxygens (including phenoxy) is 3. The van der Waals surface area contributed by atoms with Crippen molar-refractivity contribution in [1.82, 2.24) is 0 Å². The molecule has 120 valence electrons. The van der Waals surface area contributed by atoms with Crippen molar-refractivity contribution in [2.75, 3.05) is 20.3 Å². The summed E-state index contributed by atoms with van der Waals surface area (Å²) in [6.45, 7) is 4.97. The second-order valence-electron chi connectivity index (χ2n) is 6.01. The lowest BCUT2D eigenvalue weighted by Gasteiger charge is -2.30. The molecule has 0 heterocycles. The van der Waals surface area contributed by atoms with Gasteiger partial charge in [-0.1, -0.05) is 13.0 Å². The van der Waals surface area contributed by atoms with Gasteiger partial charge in [0.2, 0.25) is 0 Å². The standard InChI is InChI=1S/C16H27NO4/c1-4-20-13(18)7-9-21-15-11(17)10-16(2)8-5-6-12(19-3)14(15)16/h5-6,11,13,15,18H,4,7-10,17H2,1-3H3. The number of fused-ring (bicyclic) bond motifs is 1. The van der Waals surface area contributed by atoms with Crippen molar-refractivity contribution in [1.29, 1.82) is 0 Å². The molecule has 1 fully saturated rings. The Labute approximate surface area is 126 Å². The van der Waals surface area contributed by atoms with Crippen LogP contribution in [0.2, 0.25) is 0 Å². The highest BCUT2D eigenvalue weighted by Gasteiger charge is 2.48. The van der Waals surface area contributed by atoms with E-state index in [2.05, 4.69) is 13.0 Å². The van der Waals surface area contributed by atoms with Crippen LogP contribution in [0.25, 0.3) is 0 Å². The number of aliphatic hydroxyl groups excluding tert-OH is 1. The van der Waals surface area contributed by atoms with E-state index < -0.39 is 6.29 Å². The van der Waals surface area contributed by atoms with Gasteiger partial charge in [-0.3, -0.25) is 0 Å². The van der Waals surface area contributed by atoms with Crippen LogP contribution < -0.4 is 5.73 Å². The largest absolute Gasteiger partial charge is 0.497 e. The van der Waals surface area contributed by atoms with Crippen LogP contribution in [0.15, 0.2) is 23.5 Å². The van der Waals surface area contributed by atoms with E-state index in [9.17, 15) is 5.11 Å². The highest BCUT2D eigenvalue weighted by Crippen LogP contribution is 2.50. The molecule has 5 nitrogen and oxygen atoms in total. The predicted molar refractivity (Wildman–Crippen MR) is 80.5 cm³/mol. The number of nitrogens with two attached hydrogens (primary N) is 1. The summed E-state index contributed by atoms with van der Waals surface area (Å²) >= 11 is 0. The number of methoxy groups -OCH3 is 1. The van der Waals surface area contributed by atoms with E-state index in [1.165, 1.54) is 0 Å². The number of aliphatic hydroxyl groups is 1. The zero-order valence-electron chi connectivity index (χ0n) is 13.2. The summed E-state index contributed by atoms with van der Waals surface area (Å²) in [5.41, 5.74) is 7.45. The Morgan fingerprint density at radius 1 is 1.52 bits per heavy atom. The fraction of sp³-hybridized carbons (Fsp3) is 0.750. The Balaban J connectivity index is 2.04. The van der Waals surface area contributed by atoms with Gasteiger partial charge in [0.15, 0.2) is 6.29 Å². The average molecular weight is 297 g/mol. The SMILES string of the molecule is CCOC(O)CCOC1C2=C(OC)C=CCC2(C)CC1N. The fourth-order valence-electron chi connectivity index (χ4n) is 3.40. The molecule has 0 amide bonds. The van der Waals surface area contributed by atoms with Crippen LogP contribution in [0.3, 0.4) is 0 Å². The molecule has 0 bridgehead atoms. The average Bonchev–Trinajstić information content (AvgIpc) is 2.69. The molecule has 21 heavy (non-hydrogen) atoms. The molecular weight excluding hydrogens is 270 g/mol. The smallest absolute Gasteiger partial charge is 0.156 e. The summed E-state index contributed by atoms with van der Waals surface area (Å²) in [5.74, 6) is 0.868. The van der Waals surface area contributed by atoms with Crippen LogP contribution in [-0.4, -0.2) is 43.9 Å². The molecule has 4 atom stereocenters. The van der Waals surface area contributed by atoms with Crippen LogP contribution in [-0.2, 0) is 14.2 Å². The van der Waals surface area contributed by atoms with Gasteiger partial charge >= 0.3 is 0 Å². The van der Waals surface area contributed by atoms with Gasteiger partial charge in [0.1, 0.15) is 5.76 Å². The van der Waals surface area contributed by atoms with Gasteiger partial charge in [0, 0.05) is 24.6 Å². The third-order valence-corrected chi connectivity index (χ3v) is 4.35. The summed E-state index contributed by atoms with van der Waals surface area (Å²) in [6.07, 6.45) is 5.50. The Bertz CT molecular complexity index is 421. The highest BCUT2D eigenvalue weighted by molar-refractivity contribution is 5.38. The van der Waals surface area contributed by atoms with Crippen molar-refractivity contribution in [2.45, 2.75) is 51.5 Å². The van der Waals surface area contributed by atoms with Crippen molar-refractivity contribution in [3.05, 3.63) is 23.5 Å². The molecule has 1 saturated carbocycles. The van der Waals surface area contributed by atoms with Crippen molar-refractivity contribution in [3.63, 3.8) is 0 Å². The van der Waals surface area contributed by atoms with Gasteiger partial charge < -0.3 is 25.1 Å². The normalized spacial score (nSPS) is 33.2. The summed E-state index contributed by atoms with van der Waals surface area (Å²) in [7, 11) is 1.68. The molecule has 2 aliphatic rings. The van der Waals surface area contributed by atoms with Gasteiger partial charge in [-0.15, -0.1) is 0 Å². The van der Waals surface area contributed by atoms with E-state index >= 15 is 0 Å². The van der Waals surface area contributed by atoms with E-state index in [1.54, 1.807) is 7.11 Å². The van der Waals surface area contributed by atoms with Crippen LogP contribution in [0.1, 0.15) is 33.1 Å². The van der Waals surface area contributed by atoms with E-state index in [4.69, 9.17) is 19.9 Å². The maximum absolute atomic E-state index is 9.59. The molecule has 3 N–H and O–H groups in total. The zero-order valence-corrected chi connectivity index (χ0v) is 13.2. The maximum Gasteiger partial charge on any atom is 0.156 e. The number of hydrogen-bond donors (Lipinski definition) is 2. The minimum absolute atomic E-state index is 0.0166. The van der Waals surface area contributed by atoms with E-state index in [0.717, 1.165) is 24.2 Å². The second kappa shape index (κ2) is 6.92. The van der Waals surface area contributed by atoms with Crippen molar-refractivity contribution in [2.24, 2.45) is 11.1 Å². The third kappa shape index (κ3) is 3.48. The number of hydrogen-bond acceptors (Lipinski definition) is 5. The minimum atomic E-state index is -0.777. The number of rotatable bonds is 7. The van der Waals surface area contributed by atoms with Crippen molar-refractivity contribution in [3.8, 4) is 0 Å². The van der Waals surface area contributed by atoms with Crippen molar-refractivity contribution < 1.29 is 19.3 Å². The first-order valence-electron chi connectivity index (χ1n) is 7.64. The van der Waals surface area contributed by atoms with Crippen LogP contribution >= 0.6 is 0 Å². The molecule has 2 rings (SSSR count). The van der Waals surface area contributed by atoms with Gasteiger partial charge in [-0.25, -0.2) is 0 Å². The molecule has 5 heteroatoms. The van der Waals surface area contributed by atoms with Gasteiger partial charge in [0.05, 0.1) is 19.8 Å². The summed E-state index contributed by atoms with van der Waals surface area (Å²) in [6, 6.07) is -0.0423. The fourth-order valence-corrected chi connectivity index (χ4v) is 3.40. The lowest BCUT2D eigenvalue weighted by atomic mass is 9.77. The van der Waals surface area contributed by atoms with E-state index in [-0.39, 0.29) is 17.6 Å². The van der Waals surface area contributed by atoms with Crippen molar-refractivity contribution >= 4 is 0 Å². The first kappa shape index (κ1) is 16.5. The summed E-state index contributed by atoms with van der Waals surface area (Å²) in [5, 5.41) is 9.59. The summed E-state index contributed by atoms with van der Waals surface area (Å²) < 4.78 is 16.6. The Morgan fingerprint density at radius 3 is 2.95 bits per heavy atom. The Morgan fingerprint density at radius 2 is 2.29 bits per heavy atom. The topological polar surface area (TPSA) is 73.9 Å². The van der Waals surface area contributed by atoms with E-state index in [1.807, 2.05) is 13.0 Å². The monoisotopic (exact) mass is 297 g/mol. The van der Waals surface area contributed by atoms with Crippen LogP contribution in [0.5, 0.6) is 0 Å². The molecule has 0 aromatic rings. The minimum Gasteiger partial charge on any atom is -0.497 e.